The largest absolute Gasteiger partial charge is 0.330 e. The molecule has 1 N–H and O–H groups in total. The van der Waals surface area contributed by atoms with Crippen LogP contribution in [0.4, 0.5) is 10.5 Å². The van der Waals surface area contributed by atoms with E-state index in [0.29, 0.717) is 6.54 Å². The molecule has 2 heterocycles. The summed E-state index contributed by atoms with van der Waals surface area (Å²) >= 11 is 0. The van der Waals surface area contributed by atoms with Crippen LogP contribution in [0.1, 0.15) is 42.6 Å². The first-order chi connectivity index (χ1) is 16.5. The van der Waals surface area contributed by atoms with E-state index in [9.17, 15) is 4.79 Å². The highest BCUT2D eigenvalue weighted by Gasteiger charge is 2.50. The fourth-order valence-electron chi connectivity index (χ4n) is 5.60. The number of aromatic nitrogens is 2. The van der Waals surface area contributed by atoms with Crippen LogP contribution < -0.4 is 10.2 Å². The molecule has 1 aromatic heterocycles. The number of carbonyl (C=O) groups is 1. The fraction of sp³-hybridized carbons (Fsp3) is 0.393. The van der Waals surface area contributed by atoms with Crippen LogP contribution in [0.3, 0.4) is 0 Å². The minimum atomic E-state index is -0.197. The first-order valence-electron chi connectivity index (χ1n) is 12.2. The predicted molar refractivity (Wildman–Crippen MR) is 135 cm³/mol. The standard InChI is InChI=1S/C28H33N5O/c1-32(2)28(23-11-7-4-8-12-23)17-15-27(16-18-28)21-33(26(34)31-27)24-19-29-25(30-20-24)14-13-22-9-5-3-6-10-22/h3-12,19-20H,13-18,21H2,1-2H3,(H,31,34). The molecule has 1 spiro atoms. The minimum absolute atomic E-state index is 0.00811. The second kappa shape index (κ2) is 9.18. The molecule has 176 valence electrons. The van der Waals surface area contributed by atoms with E-state index in [1.54, 1.807) is 12.4 Å². The Morgan fingerprint density at radius 2 is 1.50 bits per heavy atom. The summed E-state index contributed by atoms with van der Waals surface area (Å²) in [5, 5.41) is 3.32. The van der Waals surface area contributed by atoms with Gasteiger partial charge in [-0.2, -0.15) is 0 Å². The summed E-state index contributed by atoms with van der Waals surface area (Å²) in [6.07, 6.45) is 9.18. The van der Waals surface area contributed by atoms with Gasteiger partial charge in [0.25, 0.3) is 0 Å². The first kappa shape index (κ1) is 22.5. The minimum Gasteiger partial charge on any atom is -0.330 e. The molecule has 1 aliphatic heterocycles. The lowest BCUT2D eigenvalue weighted by Crippen LogP contribution is -2.54. The molecule has 2 aliphatic rings. The van der Waals surface area contributed by atoms with Crippen molar-refractivity contribution in [2.24, 2.45) is 0 Å². The third kappa shape index (κ3) is 4.30. The highest BCUT2D eigenvalue weighted by Crippen LogP contribution is 2.46. The molecule has 2 amide bonds. The van der Waals surface area contributed by atoms with E-state index < -0.39 is 0 Å². The molecule has 0 bridgehead atoms. The van der Waals surface area contributed by atoms with Crippen LogP contribution in [0.5, 0.6) is 0 Å². The Morgan fingerprint density at radius 3 is 2.12 bits per heavy atom. The summed E-state index contributed by atoms with van der Waals surface area (Å²) in [6, 6.07) is 21.1. The second-order valence-electron chi connectivity index (χ2n) is 9.93. The maximum Gasteiger partial charge on any atom is 0.322 e. The van der Waals surface area contributed by atoms with Gasteiger partial charge in [0, 0.05) is 12.0 Å². The van der Waals surface area contributed by atoms with Crippen molar-refractivity contribution in [3.05, 3.63) is 90.0 Å². The van der Waals surface area contributed by atoms with Crippen molar-refractivity contribution in [3.63, 3.8) is 0 Å². The molecule has 6 heteroatoms. The van der Waals surface area contributed by atoms with Gasteiger partial charge in [0.1, 0.15) is 5.82 Å². The SMILES string of the molecule is CN(C)C1(c2ccccc2)CCC2(CC1)CN(c1cnc(CCc3ccccc3)nc1)C(=O)N2. The van der Waals surface area contributed by atoms with Crippen molar-refractivity contribution in [2.75, 3.05) is 25.5 Å². The number of hydrogen-bond donors (Lipinski definition) is 1. The molecule has 3 aromatic rings. The molecule has 2 aromatic carbocycles. The predicted octanol–water partition coefficient (Wildman–Crippen LogP) is 4.56. The number of amides is 2. The number of aryl methyl sites for hydroxylation is 2. The van der Waals surface area contributed by atoms with E-state index >= 15 is 0 Å². The van der Waals surface area contributed by atoms with Crippen molar-refractivity contribution in [1.82, 2.24) is 20.2 Å². The summed E-state index contributed by atoms with van der Waals surface area (Å²) < 4.78 is 0. The van der Waals surface area contributed by atoms with E-state index in [4.69, 9.17) is 0 Å². The molecular formula is C28H33N5O. The molecule has 0 radical (unpaired) electrons. The van der Waals surface area contributed by atoms with E-state index in [2.05, 4.69) is 88.9 Å². The molecule has 2 fully saturated rings. The lowest BCUT2D eigenvalue weighted by atomic mass is 9.69. The fourth-order valence-corrected chi connectivity index (χ4v) is 5.60. The van der Waals surface area contributed by atoms with E-state index in [1.807, 2.05) is 11.0 Å². The molecule has 34 heavy (non-hydrogen) atoms. The molecule has 0 unspecified atom stereocenters. The van der Waals surface area contributed by atoms with Crippen molar-refractivity contribution < 1.29 is 4.79 Å². The van der Waals surface area contributed by atoms with Gasteiger partial charge >= 0.3 is 6.03 Å². The van der Waals surface area contributed by atoms with Crippen molar-refractivity contribution in [3.8, 4) is 0 Å². The van der Waals surface area contributed by atoms with Gasteiger partial charge in [-0.3, -0.25) is 9.80 Å². The summed E-state index contributed by atoms with van der Waals surface area (Å²) in [5.41, 5.74) is 3.21. The Bertz CT molecular complexity index is 1110. The molecule has 0 atom stereocenters. The number of nitrogens with one attached hydrogen (secondary N) is 1. The molecule has 5 rings (SSSR count). The Hall–Kier alpha value is -3.25. The Balaban J connectivity index is 1.25. The van der Waals surface area contributed by atoms with Gasteiger partial charge in [-0.05, 0) is 57.3 Å². The first-order valence-corrected chi connectivity index (χ1v) is 12.2. The average molecular weight is 456 g/mol. The zero-order valence-electron chi connectivity index (χ0n) is 20.1. The van der Waals surface area contributed by atoms with Crippen LogP contribution in [0.25, 0.3) is 0 Å². The Labute approximate surface area is 202 Å². The van der Waals surface area contributed by atoms with E-state index in [-0.39, 0.29) is 17.1 Å². The lowest BCUT2D eigenvalue weighted by Gasteiger charge is -2.48. The topological polar surface area (TPSA) is 61.4 Å². The van der Waals surface area contributed by atoms with E-state index in [0.717, 1.165) is 50.0 Å². The zero-order chi connectivity index (χ0) is 23.6. The summed E-state index contributed by atoms with van der Waals surface area (Å²) in [5.74, 6) is 0.804. The maximum atomic E-state index is 13.0. The number of rotatable bonds is 6. The van der Waals surface area contributed by atoms with Crippen LogP contribution >= 0.6 is 0 Å². The lowest BCUT2D eigenvalue weighted by molar-refractivity contribution is 0.0658. The zero-order valence-corrected chi connectivity index (χ0v) is 20.1. The number of nitrogens with zero attached hydrogens (tertiary/aromatic N) is 4. The average Bonchev–Trinajstić information content (AvgIpc) is 3.20. The highest BCUT2D eigenvalue weighted by atomic mass is 16.2. The van der Waals surface area contributed by atoms with Gasteiger partial charge < -0.3 is 5.32 Å². The highest BCUT2D eigenvalue weighted by molar-refractivity contribution is 5.95. The van der Waals surface area contributed by atoms with Gasteiger partial charge in [0.05, 0.1) is 30.2 Å². The van der Waals surface area contributed by atoms with Crippen LogP contribution in [0, 0.1) is 0 Å². The van der Waals surface area contributed by atoms with Crippen molar-refractivity contribution in [1.29, 1.82) is 0 Å². The molecule has 1 aliphatic carbocycles. The van der Waals surface area contributed by atoms with Gasteiger partial charge in [-0.15, -0.1) is 0 Å². The van der Waals surface area contributed by atoms with Crippen molar-refractivity contribution >= 4 is 11.7 Å². The van der Waals surface area contributed by atoms with Crippen LogP contribution in [0.2, 0.25) is 0 Å². The third-order valence-electron chi connectivity index (χ3n) is 7.76. The van der Waals surface area contributed by atoms with Crippen LogP contribution in [-0.2, 0) is 18.4 Å². The van der Waals surface area contributed by atoms with Gasteiger partial charge in [0.2, 0.25) is 0 Å². The Morgan fingerprint density at radius 1 is 0.882 bits per heavy atom. The van der Waals surface area contributed by atoms with Crippen molar-refractivity contribution in [2.45, 2.75) is 49.6 Å². The second-order valence-corrected chi connectivity index (χ2v) is 9.93. The summed E-state index contributed by atoms with van der Waals surface area (Å²) in [4.78, 5) is 26.2. The quantitative estimate of drug-likeness (QED) is 0.592. The number of benzene rings is 2. The number of carbonyl (C=O) groups excluding carboxylic acids is 1. The number of anilines is 1. The summed E-state index contributed by atoms with van der Waals surface area (Å²) in [7, 11) is 4.34. The maximum absolute atomic E-state index is 13.0. The van der Waals surface area contributed by atoms with Crippen LogP contribution in [0.15, 0.2) is 73.1 Å². The monoisotopic (exact) mass is 455 g/mol. The molecule has 6 nitrogen and oxygen atoms in total. The van der Waals surface area contributed by atoms with Gasteiger partial charge in [0.15, 0.2) is 0 Å². The molecule has 1 saturated heterocycles. The van der Waals surface area contributed by atoms with Gasteiger partial charge in [-0.25, -0.2) is 14.8 Å². The summed E-state index contributed by atoms with van der Waals surface area (Å²) in [6.45, 7) is 0.664. The number of hydrogen-bond acceptors (Lipinski definition) is 4. The number of urea groups is 1. The smallest absolute Gasteiger partial charge is 0.322 e. The normalized spacial score (nSPS) is 24.6. The van der Waals surface area contributed by atoms with Crippen LogP contribution in [-0.4, -0.2) is 47.1 Å². The third-order valence-corrected chi connectivity index (χ3v) is 7.76. The molecular weight excluding hydrogens is 422 g/mol. The molecule has 1 saturated carbocycles. The van der Waals surface area contributed by atoms with E-state index in [1.165, 1.54) is 11.1 Å². The van der Waals surface area contributed by atoms with Gasteiger partial charge in [-0.1, -0.05) is 60.7 Å². The Kier molecular flexibility index (Phi) is 6.09.